The molecule has 1 aliphatic heterocycles. The molecular weight excluding hydrogens is 280 g/mol. The maximum absolute atomic E-state index is 6.21. The monoisotopic (exact) mass is 292 g/mol. The fourth-order valence-corrected chi connectivity index (χ4v) is 3.50. The van der Waals surface area contributed by atoms with Crippen LogP contribution in [-0.4, -0.2) is 17.1 Å². The van der Waals surface area contributed by atoms with Gasteiger partial charge in [-0.1, -0.05) is 23.7 Å². The Hall–Kier alpha value is -1.26. The minimum atomic E-state index is 0.605. The van der Waals surface area contributed by atoms with Crippen molar-refractivity contribution in [3.05, 3.63) is 52.1 Å². The predicted molar refractivity (Wildman–Crippen MR) is 77.8 cm³/mol. The zero-order valence-electron chi connectivity index (χ0n) is 10.5. The summed E-state index contributed by atoms with van der Waals surface area (Å²) in [5, 5.41) is 0.605. The summed E-state index contributed by atoms with van der Waals surface area (Å²) >= 11 is 8.04. The smallest absolute Gasteiger partial charge is 0.137 e. The van der Waals surface area contributed by atoms with Crippen LogP contribution in [0.25, 0.3) is 0 Å². The minimum Gasteiger partial charge on any atom is -0.497 e. The molecule has 0 N–H and O–H groups in total. The van der Waals surface area contributed by atoms with E-state index in [9.17, 15) is 0 Å². The van der Waals surface area contributed by atoms with Crippen molar-refractivity contribution in [2.75, 3.05) is 7.11 Å². The van der Waals surface area contributed by atoms with Crippen LogP contribution in [0.3, 0.4) is 0 Å². The molecule has 1 aromatic heterocycles. The number of hydrogen-bond donors (Lipinski definition) is 0. The van der Waals surface area contributed by atoms with Gasteiger partial charge in [0, 0.05) is 23.5 Å². The number of ether oxygens (including phenoxy) is 1. The Kier molecular flexibility index (Phi) is 3.62. The normalized spacial score (nSPS) is 13.4. The molecule has 5 heteroatoms. The molecule has 0 fully saturated rings. The Labute approximate surface area is 121 Å². The highest BCUT2D eigenvalue weighted by atomic mass is 35.5. The number of rotatable bonds is 3. The first-order valence-corrected chi connectivity index (χ1v) is 7.54. The third kappa shape index (κ3) is 2.69. The van der Waals surface area contributed by atoms with Crippen molar-refractivity contribution in [3.8, 4) is 5.75 Å². The number of halogens is 1. The lowest BCUT2D eigenvalue weighted by Gasteiger charge is -2.06. The first kappa shape index (κ1) is 12.8. The van der Waals surface area contributed by atoms with Gasteiger partial charge in [0.2, 0.25) is 0 Å². The van der Waals surface area contributed by atoms with Crippen LogP contribution in [-0.2, 0) is 17.9 Å². The van der Waals surface area contributed by atoms with E-state index in [2.05, 4.69) is 9.97 Å². The van der Waals surface area contributed by atoms with Crippen LogP contribution < -0.4 is 4.74 Å². The fraction of sp³-hybridized carbons (Fsp3) is 0.286. The lowest BCUT2D eigenvalue weighted by molar-refractivity contribution is 0.414. The summed E-state index contributed by atoms with van der Waals surface area (Å²) in [6.07, 6.45) is 0.675. The van der Waals surface area contributed by atoms with Crippen LogP contribution in [0.5, 0.6) is 5.75 Å². The number of aromatic nitrogens is 2. The number of methoxy groups -OCH3 is 1. The van der Waals surface area contributed by atoms with E-state index >= 15 is 0 Å². The maximum Gasteiger partial charge on any atom is 0.137 e. The van der Waals surface area contributed by atoms with E-state index in [1.165, 1.54) is 0 Å². The van der Waals surface area contributed by atoms with Gasteiger partial charge in [0.25, 0.3) is 0 Å². The number of thioether (sulfide) groups is 1. The number of fused-ring (bicyclic) bond motifs is 1. The molecule has 0 bridgehead atoms. The van der Waals surface area contributed by atoms with Crippen molar-refractivity contribution in [1.82, 2.24) is 9.97 Å². The topological polar surface area (TPSA) is 35.0 Å². The molecule has 19 heavy (non-hydrogen) atoms. The number of benzene rings is 1. The highest BCUT2D eigenvalue weighted by Crippen LogP contribution is 2.32. The van der Waals surface area contributed by atoms with E-state index in [-0.39, 0.29) is 0 Å². The standard InChI is InChI=1S/C14H13ClN2OS/c1-18-10-4-2-3-9(5-10)6-13-16-12-8-19-7-11(12)14(15)17-13/h2-5H,6-8H2,1H3. The molecular formula is C14H13ClN2OS. The van der Waals surface area contributed by atoms with Crippen molar-refractivity contribution in [2.45, 2.75) is 17.9 Å². The lowest BCUT2D eigenvalue weighted by atomic mass is 10.1. The Morgan fingerprint density at radius 3 is 3.05 bits per heavy atom. The predicted octanol–water partition coefficient (Wildman–Crippen LogP) is 3.48. The third-order valence-corrected chi connectivity index (χ3v) is 4.35. The van der Waals surface area contributed by atoms with Gasteiger partial charge in [0.15, 0.2) is 0 Å². The lowest BCUT2D eigenvalue weighted by Crippen LogP contribution is -2.02. The Morgan fingerprint density at radius 2 is 2.21 bits per heavy atom. The molecule has 2 heterocycles. The molecule has 2 aromatic rings. The van der Waals surface area contributed by atoms with Crippen molar-refractivity contribution in [2.24, 2.45) is 0 Å². The van der Waals surface area contributed by atoms with Crippen molar-refractivity contribution >= 4 is 23.4 Å². The summed E-state index contributed by atoms with van der Waals surface area (Å²) in [6, 6.07) is 7.94. The largest absolute Gasteiger partial charge is 0.497 e. The van der Waals surface area contributed by atoms with Crippen LogP contribution in [0, 0.1) is 0 Å². The molecule has 0 unspecified atom stereocenters. The van der Waals surface area contributed by atoms with Gasteiger partial charge in [0.05, 0.1) is 12.8 Å². The summed E-state index contributed by atoms with van der Waals surface area (Å²) in [4.78, 5) is 9.00. The third-order valence-electron chi connectivity index (χ3n) is 3.07. The summed E-state index contributed by atoms with van der Waals surface area (Å²) in [5.74, 6) is 3.48. The molecule has 3 rings (SSSR count). The molecule has 98 valence electrons. The molecule has 1 aliphatic rings. The van der Waals surface area contributed by atoms with Crippen LogP contribution in [0.2, 0.25) is 5.15 Å². The van der Waals surface area contributed by atoms with Crippen LogP contribution in [0.1, 0.15) is 22.6 Å². The van der Waals surface area contributed by atoms with Gasteiger partial charge in [-0.15, -0.1) is 0 Å². The summed E-state index contributed by atoms with van der Waals surface area (Å²) in [6.45, 7) is 0. The van der Waals surface area contributed by atoms with E-state index < -0.39 is 0 Å². The van der Waals surface area contributed by atoms with E-state index in [0.717, 1.165) is 39.9 Å². The first-order valence-electron chi connectivity index (χ1n) is 6.01. The van der Waals surface area contributed by atoms with Gasteiger partial charge < -0.3 is 4.74 Å². The van der Waals surface area contributed by atoms with Crippen molar-refractivity contribution in [3.63, 3.8) is 0 Å². The maximum atomic E-state index is 6.21. The summed E-state index contributed by atoms with van der Waals surface area (Å²) < 4.78 is 5.22. The molecule has 0 spiro atoms. The van der Waals surface area contributed by atoms with Crippen molar-refractivity contribution < 1.29 is 4.74 Å². The Balaban J connectivity index is 1.89. The van der Waals surface area contributed by atoms with Gasteiger partial charge in [-0.3, -0.25) is 0 Å². The van der Waals surface area contributed by atoms with Gasteiger partial charge in [-0.05, 0) is 17.7 Å². The average Bonchev–Trinajstić information content (AvgIpc) is 2.88. The van der Waals surface area contributed by atoms with Crippen LogP contribution >= 0.6 is 23.4 Å². The van der Waals surface area contributed by atoms with E-state index in [4.69, 9.17) is 16.3 Å². The Bertz CT molecular complexity index is 618. The highest BCUT2D eigenvalue weighted by molar-refractivity contribution is 7.98. The molecule has 0 atom stereocenters. The minimum absolute atomic E-state index is 0.605. The first-order chi connectivity index (χ1) is 9.26. The second-order valence-electron chi connectivity index (χ2n) is 4.38. The van der Waals surface area contributed by atoms with E-state index in [1.807, 2.05) is 36.0 Å². The second-order valence-corrected chi connectivity index (χ2v) is 5.72. The van der Waals surface area contributed by atoms with E-state index in [1.54, 1.807) is 7.11 Å². The van der Waals surface area contributed by atoms with Gasteiger partial charge >= 0.3 is 0 Å². The highest BCUT2D eigenvalue weighted by Gasteiger charge is 2.18. The summed E-state index contributed by atoms with van der Waals surface area (Å²) in [7, 11) is 1.67. The number of nitrogens with zero attached hydrogens (tertiary/aromatic N) is 2. The van der Waals surface area contributed by atoms with Gasteiger partial charge in [-0.2, -0.15) is 11.8 Å². The van der Waals surface area contributed by atoms with Gasteiger partial charge in [-0.25, -0.2) is 9.97 Å². The second kappa shape index (κ2) is 5.39. The zero-order valence-corrected chi connectivity index (χ0v) is 12.1. The molecule has 0 saturated carbocycles. The molecule has 0 radical (unpaired) electrons. The number of hydrogen-bond acceptors (Lipinski definition) is 4. The molecule has 0 saturated heterocycles. The van der Waals surface area contributed by atoms with Crippen molar-refractivity contribution in [1.29, 1.82) is 0 Å². The average molecular weight is 293 g/mol. The van der Waals surface area contributed by atoms with Crippen LogP contribution in [0.15, 0.2) is 24.3 Å². The molecule has 1 aromatic carbocycles. The van der Waals surface area contributed by atoms with Gasteiger partial charge in [0.1, 0.15) is 16.7 Å². The quantitative estimate of drug-likeness (QED) is 0.811. The zero-order chi connectivity index (χ0) is 13.2. The Morgan fingerprint density at radius 1 is 1.32 bits per heavy atom. The fourth-order valence-electron chi connectivity index (χ4n) is 2.10. The summed E-state index contributed by atoms with van der Waals surface area (Å²) in [5.41, 5.74) is 3.31. The molecule has 0 aliphatic carbocycles. The van der Waals surface area contributed by atoms with E-state index in [0.29, 0.717) is 11.6 Å². The molecule has 0 amide bonds. The van der Waals surface area contributed by atoms with Crippen LogP contribution in [0.4, 0.5) is 0 Å². The molecule has 3 nitrogen and oxygen atoms in total. The SMILES string of the molecule is COc1cccc(Cc2nc(Cl)c3c(n2)CSC3)c1.